The van der Waals surface area contributed by atoms with Crippen molar-refractivity contribution in [1.82, 2.24) is 14.5 Å². The van der Waals surface area contributed by atoms with Crippen molar-refractivity contribution in [2.45, 2.75) is 25.9 Å². The molecule has 4 aromatic rings. The Labute approximate surface area is 180 Å². The number of rotatable bonds is 5. The Morgan fingerprint density at radius 1 is 1.13 bits per heavy atom. The molecule has 5 rings (SSSR count). The smallest absolute Gasteiger partial charge is 0.230 e. The maximum atomic E-state index is 12.7. The summed E-state index contributed by atoms with van der Waals surface area (Å²) in [4.78, 5) is 21.1. The third-order valence-electron chi connectivity index (χ3n) is 5.64. The highest BCUT2D eigenvalue weighted by Crippen LogP contribution is 2.29. The molecule has 0 spiro atoms. The zero-order chi connectivity index (χ0) is 20.5. The van der Waals surface area contributed by atoms with Crippen molar-refractivity contribution in [1.29, 1.82) is 0 Å². The molecule has 1 amide bonds. The molecule has 0 saturated heterocycles. The molecule has 1 aliphatic heterocycles. The first kappa shape index (κ1) is 19.0. The number of hydrogen-bond acceptors (Lipinski definition) is 4. The molecule has 152 valence electrons. The second kappa shape index (κ2) is 8.05. The van der Waals surface area contributed by atoms with Gasteiger partial charge in [-0.3, -0.25) is 9.69 Å². The Morgan fingerprint density at radius 2 is 1.93 bits per heavy atom. The van der Waals surface area contributed by atoms with E-state index in [4.69, 9.17) is 4.98 Å². The molecule has 0 bridgehead atoms. The van der Waals surface area contributed by atoms with Gasteiger partial charge in [-0.2, -0.15) is 0 Å². The molecule has 6 heteroatoms. The topological polar surface area (TPSA) is 50.2 Å². The Kier molecular flexibility index (Phi) is 5.11. The zero-order valence-electron chi connectivity index (χ0n) is 17.0. The first-order valence-corrected chi connectivity index (χ1v) is 11.0. The van der Waals surface area contributed by atoms with Gasteiger partial charge in [-0.1, -0.05) is 48.5 Å². The van der Waals surface area contributed by atoms with Gasteiger partial charge in [0.05, 0.1) is 12.1 Å². The van der Waals surface area contributed by atoms with Crippen LogP contribution in [0.2, 0.25) is 0 Å². The van der Waals surface area contributed by atoms with Gasteiger partial charge >= 0.3 is 0 Å². The molecule has 30 heavy (non-hydrogen) atoms. The summed E-state index contributed by atoms with van der Waals surface area (Å²) in [5.74, 6) is -0.0152. The third kappa shape index (κ3) is 3.88. The molecule has 2 aromatic heterocycles. The Hall–Kier alpha value is -2.96. The fraction of sp³-hybridized carbons (Fsp3) is 0.250. The van der Waals surface area contributed by atoms with E-state index in [1.54, 1.807) is 11.3 Å². The van der Waals surface area contributed by atoms with Crippen LogP contribution in [0.1, 0.15) is 21.7 Å². The third-order valence-corrected chi connectivity index (χ3v) is 6.63. The number of thiazole rings is 1. The van der Waals surface area contributed by atoms with Crippen molar-refractivity contribution >= 4 is 33.3 Å². The summed E-state index contributed by atoms with van der Waals surface area (Å²) in [7, 11) is 2.01. The molecule has 5 nitrogen and oxygen atoms in total. The van der Waals surface area contributed by atoms with Crippen LogP contribution >= 0.6 is 11.3 Å². The number of nitrogens with zero attached hydrogens (tertiary/aromatic N) is 3. The minimum atomic E-state index is -0.0152. The van der Waals surface area contributed by atoms with Crippen LogP contribution in [0.15, 0.2) is 60.8 Å². The summed E-state index contributed by atoms with van der Waals surface area (Å²) in [6.45, 7) is 2.83. The summed E-state index contributed by atoms with van der Waals surface area (Å²) >= 11 is 1.61. The molecule has 3 heterocycles. The van der Waals surface area contributed by atoms with Crippen molar-refractivity contribution in [3.63, 3.8) is 0 Å². The van der Waals surface area contributed by atoms with E-state index < -0.39 is 0 Å². The van der Waals surface area contributed by atoms with E-state index in [0.29, 0.717) is 11.6 Å². The molecule has 0 fully saturated rings. The van der Waals surface area contributed by atoms with E-state index in [2.05, 4.69) is 51.2 Å². The highest BCUT2D eigenvalue weighted by atomic mass is 32.1. The number of aryl methyl sites for hydroxylation is 1. The summed E-state index contributed by atoms with van der Waals surface area (Å²) in [5, 5.41) is 4.87. The lowest BCUT2D eigenvalue weighted by atomic mass is 10.1. The van der Waals surface area contributed by atoms with Crippen molar-refractivity contribution in [3.05, 3.63) is 82.5 Å². The van der Waals surface area contributed by atoms with E-state index in [1.807, 2.05) is 31.4 Å². The van der Waals surface area contributed by atoms with E-state index in [0.717, 1.165) is 48.2 Å². The highest BCUT2D eigenvalue weighted by Gasteiger charge is 2.21. The van der Waals surface area contributed by atoms with Gasteiger partial charge in [0, 0.05) is 55.1 Å². The van der Waals surface area contributed by atoms with Crippen LogP contribution in [0.3, 0.4) is 0 Å². The van der Waals surface area contributed by atoms with Gasteiger partial charge in [-0.15, -0.1) is 11.3 Å². The average molecular weight is 417 g/mol. The number of fused-ring (bicyclic) bond motifs is 2. The summed E-state index contributed by atoms with van der Waals surface area (Å²) in [6.07, 6.45) is 3.32. The molecule has 0 radical (unpaired) electrons. The number of hydrogen-bond donors (Lipinski definition) is 1. The number of carbonyl (C=O) groups is 1. The van der Waals surface area contributed by atoms with Gasteiger partial charge in [-0.25, -0.2) is 4.98 Å². The van der Waals surface area contributed by atoms with Gasteiger partial charge in [0.1, 0.15) is 0 Å². The number of anilines is 1. The lowest BCUT2D eigenvalue weighted by Gasteiger charge is -2.25. The maximum absolute atomic E-state index is 12.7. The number of nitrogens with one attached hydrogen (secondary N) is 1. The molecule has 1 aliphatic rings. The molecular weight excluding hydrogens is 392 g/mol. The SMILES string of the molecule is Cn1cc(CC(=O)Nc2nc3c(s2)CN(Cc2ccccc2)CC3)c2ccccc21. The number of amides is 1. The largest absolute Gasteiger partial charge is 0.350 e. The van der Waals surface area contributed by atoms with Crippen LogP contribution in [0.25, 0.3) is 10.9 Å². The minimum Gasteiger partial charge on any atom is -0.350 e. The lowest BCUT2D eigenvalue weighted by Crippen LogP contribution is -2.29. The Balaban J connectivity index is 1.25. The van der Waals surface area contributed by atoms with Gasteiger partial charge in [0.15, 0.2) is 5.13 Å². The minimum absolute atomic E-state index is 0.0152. The molecule has 0 atom stereocenters. The van der Waals surface area contributed by atoms with E-state index >= 15 is 0 Å². The number of carbonyl (C=O) groups excluding carboxylic acids is 1. The second-order valence-electron chi connectivity index (χ2n) is 7.84. The Morgan fingerprint density at radius 3 is 2.80 bits per heavy atom. The van der Waals surface area contributed by atoms with E-state index in [-0.39, 0.29) is 5.91 Å². The second-order valence-corrected chi connectivity index (χ2v) is 8.93. The predicted molar refractivity (Wildman–Crippen MR) is 122 cm³/mol. The average Bonchev–Trinajstić information content (AvgIpc) is 3.29. The van der Waals surface area contributed by atoms with Crippen molar-refractivity contribution < 1.29 is 4.79 Å². The normalized spacial score (nSPS) is 14.0. The predicted octanol–water partition coefficient (Wildman–Crippen LogP) is 4.37. The molecule has 0 aliphatic carbocycles. The highest BCUT2D eigenvalue weighted by molar-refractivity contribution is 7.15. The molecule has 1 N–H and O–H groups in total. The quantitative estimate of drug-likeness (QED) is 0.525. The van der Waals surface area contributed by atoms with Crippen LogP contribution in [-0.2, 0) is 37.8 Å². The number of aromatic nitrogens is 2. The summed E-state index contributed by atoms with van der Waals surface area (Å²) in [5.41, 5.74) is 4.64. The molecular formula is C24H24N4OS. The van der Waals surface area contributed by atoms with Crippen LogP contribution < -0.4 is 5.32 Å². The van der Waals surface area contributed by atoms with Crippen molar-refractivity contribution in [2.75, 3.05) is 11.9 Å². The summed E-state index contributed by atoms with van der Waals surface area (Å²) in [6, 6.07) is 18.7. The Bertz CT molecular complexity index is 1190. The van der Waals surface area contributed by atoms with Crippen LogP contribution in [0, 0.1) is 0 Å². The molecule has 2 aromatic carbocycles. The standard InChI is InChI=1S/C24H24N4OS/c1-27-15-18(19-9-5-6-10-21(19)27)13-23(29)26-24-25-20-11-12-28(16-22(20)30-24)14-17-7-3-2-4-8-17/h2-10,15H,11-14,16H2,1H3,(H,25,26,29). The van der Waals surface area contributed by atoms with Crippen LogP contribution in [0.5, 0.6) is 0 Å². The van der Waals surface area contributed by atoms with Crippen LogP contribution in [0.4, 0.5) is 5.13 Å². The van der Waals surface area contributed by atoms with E-state index in [1.165, 1.54) is 10.4 Å². The monoisotopic (exact) mass is 416 g/mol. The molecule has 0 unspecified atom stereocenters. The fourth-order valence-electron chi connectivity index (χ4n) is 4.18. The van der Waals surface area contributed by atoms with Gasteiger partial charge in [0.25, 0.3) is 0 Å². The maximum Gasteiger partial charge on any atom is 0.230 e. The number of para-hydroxylation sites is 1. The van der Waals surface area contributed by atoms with Crippen molar-refractivity contribution in [2.24, 2.45) is 7.05 Å². The first-order valence-electron chi connectivity index (χ1n) is 10.2. The zero-order valence-corrected chi connectivity index (χ0v) is 17.8. The summed E-state index contributed by atoms with van der Waals surface area (Å²) < 4.78 is 2.07. The van der Waals surface area contributed by atoms with Crippen molar-refractivity contribution in [3.8, 4) is 0 Å². The molecule has 0 saturated carbocycles. The van der Waals surface area contributed by atoms with E-state index in [9.17, 15) is 4.79 Å². The fourth-order valence-corrected chi connectivity index (χ4v) is 5.25. The van der Waals surface area contributed by atoms with Gasteiger partial charge in [0.2, 0.25) is 5.91 Å². The van der Waals surface area contributed by atoms with Gasteiger partial charge < -0.3 is 9.88 Å². The van der Waals surface area contributed by atoms with Gasteiger partial charge in [-0.05, 0) is 17.2 Å². The lowest BCUT2D eigenvalue weighted by molar-refractivity contribution is -0.115. The van der Waals surface area contributed by atoms with Crippen LogP contribution in [-0.4, -0.2) is 26.9 Å². The number of benzene rings is 2. The first-order chi connectivity index (χ1) is 14.7.